The van der Waals surface area contributed by atoms with Crippen LogP contribution in [0.25, 0.3) is 0 Å². The van der Waals surface area contributed by atoms with E-state index in [1.165, 1.54) is 0 Å². The molecule has 1 aromatic heterocycles. The van der Waals surface area contributed by atoms with Gasteiger partial charge < -0.3 is 10.5 Å². The van der Waals surface area contributed by atoms with Gasteiger partial charge in [0, 0.05) is 17.8 Å². The highest BCUT2D eigenvalue weighted by atomic mass is 35.5. The Morgan fingerprint density at radius 2 is 2.12 bits per heavy atom. The molecule has 4 heteroatoms. The van der Waals surface area contributed by atoms with E-state index in [-0.39, 0.29) is 0 Å². The van der Waals surface area contributed by atoms with Crippen LogP contribution >= 0.6 is 11.6 Å². The van der Waals surface area contributed by atoms with Crippen molar-refractivity contribution < 1.29 is 4.74 Å². The molecular formula is C12H11ClN2O. The zero-order chi connectivity index (χ0) is 11.4. The van der Waals surface area contributed by atoms with Crippen LogP contribution in [0.3, 0.4) is 0 Å². The van der Waals surface area contributed by atoms with E-state index in [1.807, 2.05) is 24.3 Å². The molecule has 0 aliphatic carbocycles. The molecule has 2 rings (SSSR count). The number of aromatic nitrogens is 1. The normalized spacial score (nSPS) is 10.1. The Balaban J connectivity index is 2.20. The van der Waals surface area contributed by atoms with Crippen molar-refractivity contribution in [2.45, 2.75) is 6.54 Å². The minimum Gasteiger partial charge on any atom is -0.456 e. The molecule has 82 valence electrons. The predicted molar refractivity (Wildman–Crippen MR) is 63.7 cm³/mol. The predicted octanol–water partition coefficient (Wildman–Crippen LogP) is 2.99. The number of rotatable bonds is 3. The molecule has 1 aromatic carbocycles. The summed E-state index contributed by atoms with van der Waals surface area (Å²) in [6, 6.07) is 9.08. The molecule has 0 amide bonds. The van der Waals surface area contributed by atoms with Gasteiger partial charge in [0.25, 0.3) is 0 Å². The minimum atomic E-state index is 0.423. The van der Waals surface area contributed by atoms with Crippen LogP contribution in [0, 0.1) is 0 Å². The number of hydrogen-bond acceptors (Lipinski definition) is 3. The fraction of sp³-hybridized carbons (Fsp3) is 0.0833. The Kier molecular flexibility index (Phi) is 3.39. The Morgan fingerprint density at radius 3 is 2.75 bits per heavy atom. The average Bonchev–Trinajstić information content (AvgIpc) is 2.31. The van der Waals surface area contributed by atoms with Crippen LogP contribution < -0.4 is 10.5 Å². The molecule has 0 bridgehead atoms. The first-order valence-electron chi connectivity index (χ1n) is 4.86. The molecule has 0 saturated heterocycles. The van der Waals surface area contributed by atoms with E-state index in [2.05, 4.69) is 4.98 Å². The van der Waals surface area contributed by atoms with Crippen LogP contribution in [0.15, 0.2) is 42.7 Å². The molecule has 2 aromatic rings. The van der Waals surface area contributed by atoms with Crippen molar-refractivity contribution in [3.05, 3.63) is 53.3 Å². The SMILES string of the molecule is NCc1ccc(Oc2cccnc2)cc1Cl. The van der Waals surface area contributed by atoms with Gasteiger partial charge >= 0.3 is 0 Å². The molecule has 2 N–H and O–H groups in total. The Labute approximate surface area is 98.8 Å². The second-order valence-corrected chi connectivity index (χ2v) is 3.66. The van der Waals surface area contributed by atoms with E-state index >= 15 is 0 Å². The van der Waals surface area contributed by atoms with Crippen molar-refractivity contribution in [1.29, 1.82) is 0 Å². The van der Waals surface area contributed by atoms with Gasteiger partial charge in [-0.2, -0.15) is 0 Å². The number of halogens is 1. The van der Waals surface area contributed by atoms with E-state index in [9.17, 15) is 0 Å². The lowest BCUT2D eigenvalue weighted by atomic mass is 10.2. The highest BCUT2D eigenvalue weighted by molar-refractivity contribution is 6.31. The number of pyridine rings is 1. The summed E-state index contributed by atoms with van der Waals surface area (Å²) < 4.78 is 5.57. The van der Waals surface area contributed by atoms with Crippen molar-refractivity contribution in [2.75, 3.05) is 0 Å². The Bertz CT molecular complexity index is 474. The van der Waals surface area contributed by atoms with Crippen LogP contribution in [-0.4, -0.2) is 4.98 Å². The third-order valence-corrected chi connectivity index (χ3v) is 2.47. The summed E-state index contributed by atoms with van der Waals surface area (Å²) in [5.74, 6) is 1.36. The fourth-order valence-electron chi connectivity index (χ4n) is 1.30. The largest absolute Gasteiger partial charge is 0.456 e. The van der Waals surface area contributed by atoms with E-state index in [4.69, 9.17) is 22.1 Å². The smallest absolute Gasteiger partial charge is 0.145 e. The molecule has 0 spiro atoms. The highest BCUT2D eigenvalue weighted by Gasteiger charge is 2.02. The topological polar surface area (TPSA) is 48.1 Å². The zero-order valence-electron chi connectivity index (χ0n) is 8.56. The standard InChI is InChI=1S/C12H11ClN2O/c13-12-6-10(4-3-9(12)7-14)16-11-2-1-5-15-8-11/h1-6,8H,7,14H2. The van der Waals surface area contributed by atoms with Crippen molar-refractivity contribution in [1.82, 2.24) is 4.98 Å². The van der Waals surface area contributed by atoms with Gasteiger partial charge in [-0.25, -0.2) is 0 Å². The molecule has 3 nitrogen and oxygen atoms in total. The maximum absolute atomic E-state index is 6.02. The van der Waals surface area contributed by atoms with Crippen LogP contribution in [0.2, 0.25) is 5.02 Å². The molecule has 0 aliphatic heterocycles. The van der Waals surface area contributed by atoms with E-state index in [0.29, 0.717) is 23.1 Å². The van der Waals surface area contributed by atoms with Crippen LogP contribution in [0.1, 0.15) is 5.56 Å². The summed E-state index contributed by atoms with van der Waals surface area (Å²) >= 11 is 6.02. The maximum atomic E-state index is 6.02. The van der Waals surface area contributed by atoms with Gasteiger partial charge in [-0.05, 0) is 29.8 Å². The summed E-state index contributed by atoms with van der Waals surface area (Å²) in [5.41, 5.74) is 6.42. The van der Waals surface area contributed by atoms with Crippen LogP contribution in [0.4, 0.5) is 0 Å². The van der Waals surface area contributed by atoms with Gasteiger partial charge in [-0.1, -0.05) is 17.7 Å². The van der Waals surface area contributed by atoms with Crippen LogP contribution in [-0.2, 0) is 6.54 Å². The molecule has 0 saturated carbocycles. The minimum absolute atomic E-state index is 0.423. The molecule has 16 heavy (non-hydrogen) atoms. The third kappa shape index (κ3) is 2.51. The quantitative estimate of drug-likeness (QED) is 0.888. The summed E-state index contributed by atoms with van der Waals surface area (Å²) in [5, 5.41) is 0.615. The highest BCUT2D eigenvalue weighted by Crippen LogP contribution is 2.25. The van der Waals surface area contributed by atoms with Crippen LogP contribution in [0.5, 0.6) is 11.5 Å². The molecule has 0 unspecified atom stereocenters. The number of hydrogen-bond donors (Lipinski definition) is 1. The lowest BCUT2D eigenvalue weighted by molar-refractivity contribution is 0.480. The fourth-order valence-corrected chi connectivity index (χ4v) is 1.55. The summed E-state index contributed by atoms with van der Waals surface area (Å²) in [4.78, 5) is 3.96. The number of nitrogens with zero attached hydrogens (tertiary/aromatic N) is 1. The third-order valence-electron chi connectivity index (χ3n) is 2.11. The summed E-state index contributed by atoms with van der Waals surface area (Å²) in [6.45, 7) is 0.423. The van der Waals surface area contributed by atoms with Gasteiger partial charge in [0.15, 0.2) is 0 Å². The van der Waals surface area contributed by atoms with Crippen molar-refractivity contribution in [2.24, 2.45) is 5.73 Å². The lowest BCUT2D eigenvalue weighted by Crippen LogP contribution is -1.97. The molecule has 0 radical (unpaired) electrons. The van der Waals surface area contributed by atoms with Gasteiger partial charge in [0.2, 0.25) is 0 Å². The summed E-state index contributed by atoms with van der Waals surface area (Å²) in [6.07, 6.45) is 3.34. The maximum Gasteiger partial charge on any atom is 0.145 e. The first-order valence-corrected chi connectivity index (χ1v) is 5.24. The van der Waals surface area contributed by atoms with Gasteiger partial charge in [0.05, 0.1) is 6.20 Å². The van der Waals surface area contributed by atoms with Gasteiger partial charge in [-0.15, -0.1) is 0 Å². The van der Waals surface area contributed by atoms with Gasteiger partial charge in [0.1, 0.15) is 11.5 Å². The molecule has 1 heterocycles. The van der Waals surface area contributed by atoms with Crippen molar-refractivity contribution in [3.63, 3.8) is 0 Å². The first kappa shape index (κ1) is 10.9. The molecular weight excluding hydrogens is 224 g/mol. The number of ether oxygens (including phenoxy) is 1. The molecule has 0 aliphatic rings. The Morgan fingerprint density at radius 1 is 1.25 bits per heavy atom. The monoisotopic (exact) mass is 234 g/mol. The number of nitrogens with two attached hydrogens (primary N) is 1. The number of benzene rings is 1. The van der Waals surface area contributed by atoms with E-state index in [0.717, 1.165) is 5.56 Å². The lowest BCUT2D eigenvalue weighted by Gasteiger charge is -2.07. The first-order chi connectivity index (χ1) is 7.79. The van der Waals surface area contributed by atoms with E-state index < -0.39 is 0 Å². The average molecular weight is 235 g/mol. The summed E-state index contributed by atoms with van der Waals surface area (Å²) in [7, 11) is 0. The second-order valence-electron chi connectivity index (χ2n) is 3.25. The second kappa shape index (κ2) is 4.96. The molecule has 0 fully saturated rings. The Hall–Kier alpha value is -1.58. The molecule has 0 atom stereocenters. The zero-order valence-corrected chi connectivity index (χ0v) is 9.32. The van der Waals surface area contributed by atoms with Crippen molar-refractivity contribution >= 4 is 11.6 Å². The van der Waals surface area contributed by atoms with E-state index in [1.54, 1.807) is 18.5 Å². The van der Waals surface area contributed by atoms with Crippen molar-refractivity contribution in [3.8, 4) is 11.5 Å². The van der Waals surface area contributed by atoms with Gasteiger partial charge in [-0.3, -0.25) is 4.98 Å².